The normalized spacial score (nSPS) is 14.0. The van der Waals surface area contributed by atoms with Gasteiger partial charge in [0.05, 0.1) is 31.4 Å². The number of hydrogen-bond donors (Lipinski definition) is 1. The number of aromatic nitrogens is 2. The Morgan fingerprint density at radius 2 is 2.20 bits per heavy atom. The van der Waals surface area contributed by atoms with Crippen molar-refractivity contribution < 1.29 is 18.7 Å². The highest BCUT2D eigenvalue weighted by atomic mass is 16.5. The zero-order valence-corrected chi connectivity index (χ0v) is 11.1. The molecule has 0 aliphatic carbocycles. The summed E-state index contributed by atoms with van der Waals surface area (Å²) in [6.07, 6.45) is 0.312. The summed E-state index contributed by atoms with van der Waals surface area (Å²) < 4.78 is 16.3. The van der Waals surface area contributed by atoms with Crippen LogP contribution >= 0.6 is 0 Å². The van der Waals surface area contributed by atoms with Gasteiger partial charge in [-0.15, -0.1) is 10.2 Å². The number of aryl methyl sites for hydroxylation is 1. The number of carbonyl (C=O) groups is 1. The average molecular weight is 275 g/mol. The predicted molar refractivity (Wildman–Crippen MR) is 69.8 cm³/mol. The summed E-state index contributed by atoms with van der Waals surface area (Å²) in [7, 11) is 1.55. The smallest absolute Gasteiger partial charge is 0.251 e. The van der Waals surface area contributed by atoms with Gasteiger partial charge >= 0.3 is 0 Å². The fourth-order valence-corrected chi connectivity index (χ4v) is 1.99. The molecule has 2 heterocycles. The molecule has 0 bridgehead atoms. The van der Waals surface area contributed by atoms with Crippen LogP contribution in [-0.4, -0.2) is 29.8 Å². The summed E-state index contributed by atoms with van der Waals surface area (Å²) in [5.74, 6) is 1.80. The van der Waals surface area contributed by atoms with Crippen molar-refractivity contribution >= 4 is 11.6 Å². The SMILES string of the molecule is COc1cc2c(cc1-c1nnc(C)o1)NC(=O)CCO2. The second-order valence-corrected chi connectivity index (χ2v) is 4.32. The number of benzene rings is 1. The quantitative estimate of drug-likeness (QED) is 0.898. The summed E-state index contributed by atoms with van der Waals surface area (Å²) in [4.78, 5) is 11.6. The summed E-state index contributed by atoms with van der Waals surface area (Å²) >= 11 is 0. The van der Waals surface area contributed by atoms with Crippen LogP contribution in [0.2, 0.25) is 0 Å². The number of carbonyl (C=O) groups excluding carboxylic acids is 1. The van der Waals surface area contributed by atoms with Gasteiger partial charge < -0.3 is 19.2 Å². The molecule has 2 aromatic rings. The Morgan fingerprint density at radius 1 is 1.35 bits per heavy atom. The molecule has 0 spiro atoms. The molecule has 1 aliphatic rings. The van der Waals surface area contributed by atoms with Crippen LogP contribution in [0.25, 0.3) is 11.5 Å². The lowest BCUT2D eigenvalue weighted by molar-refractivity contribution is -0.116. The van der Waals surface area contributed by atoms with Crippen molar-refractivity contribution in [3.05, 3.63) is 18.0 Å². The Balaban J connectivity index is 2.12. The molecule has 0 radical (unpaired) electrons. The fraction of sp³-hybridized carbons (Fsp3) is 0.308. The van der Waals surface area contributed by atoms with E-state index >= 15 is 0 Å². The minimum atomic E-state index is -0.0958. The molecular formula is C13H13N3O4. The van der Waals surface area contributed by atoms with Crippen molar-refractivity contribution in [2.24, 2.45) is 0 Å². The number of anilines is 1. The molecule has 1 aromatic carbocycles. The highest BCUT2D eigenvalue weighted by Crippen LogP contribution is 2.39. The first-order chi connectivity index (χ1) is 9.67. The highest BCUT2D eigenvalue weighted by Gasteiger charge is 2.20. The lowest BCUT2D eigenvalue weighted by atomic mass is 10.1. The predicted octanol–water partition coefficient (Wildman–Crippen LogP) is 1.77. The first-order valence-electron chi connectivity index (χ1n) is 6.12. The molecule has 20 heavy (non-hydrogen) atoms. The average Bonchev–Trinajstić information content (AvgIpc) is 2.77. The summed E-state index contributed by atoms with van der Waals surface area (Å²) in [5, 5.41) is 10.5. The van der Waals surface area contributed by atoms with Crippen molar-refractivity contribution in [1.29, 1.82) is 0 Å². The minimum absolute atomic E-state index is 0.0958. The molecule has 7 heteroatoms. The number of rotatable bonds is 2. The first kappa shape index (κ1) is 12.5. The first-order valence-corrected chi connectivity index (χ1v) is 6.12. The lowest BCUT2D eigenvalue weighted by Crippen LogP contribution is -2.10. The van der Waals surface area contributed by atoms with Crippen LogP contribution in [0.4, 0.5) is 5.69 Å². The van der Waals surface area contributed by atoms with Gasteiger partial charge in [0.2, 0.25) is 11.8 Å². The number of ether oxygens (including phenoxy) is 2. The van der Waals surface area contributed by atoms with Crippen molar-refractivity contribution in [2.75, 3.05) is 19.0 Å². The maximum absolute atomic E-state index is 11.6. The number of amides is 1. The monoisotopic (exact) mass is 275 g/mol. The van der Waals surface area contributed by atoms with E-state index in [-0.39, 0.29) is 5.91 Å². The van der Waals surface area contributed by atoms with E-state index in [0.29, 0.717) is 47.6 Å². The van der Waals surface area contributed by atoms with Gasteiger partial charge in [-0.3, -0.25) is 4.79 Å². The van der Waals surface area contributed by atoms with Crippen molar-refractivity contribution in [1.82, 2.24) is 10.2 Å². The largest absolute Gasteiger partial charge is 0.496 e. The Kier molecular flexibility index (Phi) is 3.02. The van der Waals surface area contributed by atoms with E-state index in [0.717, 1.165) is 0 Å². The van der Waals surface area contributed by atoms with E-state index in [1.54, 1.807) is 26.2 Å². The number of fused-ring (bicyclic) bond motifs is 1. The molecule has 0 unspecified atom stereocenters. The van der Waals surface area contributed by atoms with E-state index in [4.69, 9.17) is 13.9 Å². The molecule has 0 saturated carbocycles. The van der Waals surface area contributed by atoms with Crippen LogP contribution < -0.4 is 14.8 Å². The maximum atomic E-state index is 11.6. The van der Waals surface area contributed by atoms with Crippen LogP contribution in [0.5, 0.6) is 11.5 Å². The van der Waals surface area contributed by atoms with Crippen LogP contribution in [0.1, 0.15) is 12.3 Å². The third-order valence-corrected chi connectivity index (χ3v) is 2.92. The molecule has 1 aliphatic heterocycles. The van der Waals surface area contributed by atoms with Crippen LogP contribution in [0.15, 0.2) is 16.5 Å². The number of methoxy groups -OCH3 is 1. The number of hydrogen-bond acceptors (Lipinski definition) is 6. The molecule has 104 valence electrons. The lowest BCUT2D eigenvalue weighted by Gasteiger charge is -2.12. The second kappa shape index (κ2) is 4.84. The number of nitrogens with one attached hydrogen (secondary N) is 1. The molecule has 1 aromatic heterocycles. The standard InChI is InChI=1S/C13H13N3O4/c1-7-15-16-13(20-7)8-5-9-11(6-10(8)18-2)19-4-3-12(17)14-9/h5-6H,3-4H2,1-2H3,(H,14,17). The van der Waals surface area contributed by atoms with Gasteiger partial charge in [-0.05, 0) is 6.07 Å². The fourth-order valence-electron chi connectivity index (χ4n) is 1.99. The van der Waals surface area contributed by atoms with E-state index < -0.39 is 0 Å². The Labute approximate surface area is 114 Å². The van der Waals surface area contributed by atoms with Gasteiger partial charge in [0, 0.05) is 13.0 Å². The Hall–Kier alpha value is -2.57. The van der Waals surface area contributed by atoms with Crippen LogP contribution in [0, 0.1) is 6.92 Å². The van der Waals surface area contributed by atoms with Gasteiger partial charge in [-0.2, -0.15) is 0 Å². The van der Waals surface area contributed by atoms with Crippen molar-refractivity contribution in [3.63, 3.8) is 0 Å². The zero-order valence-electron chi connectivity index (χ0n) is 11.1. The molecule has 3 rings (SSSR count). The molecule has 0 atom stereocenters. The van der Waals surface area contributed by atoms with Crippen molar-refractivity contribution in [2.45, 2.75) is 13.3 Å². The van der Waals surface area contributed by atoms with Crippen molar-refractivity contribution in [3.8, 4) is 23.0 Å². The van der Waals surface area contributed by atoms with E-state index in [1.165, 1.54) is 0 Å². The van der Waals surface area contributed by atoms with E-state index in [2.05, 4.69) is 15.5 Å². The molecule has 0 saturated heterocycles. The molecule has 1 N–H and O–H groups in total. The Bertz CT molecular complexity index is 666. The third kappa shape index (κ3) is 2.18. The summed E-state index contributed by atoms with van der Waals surface area (Å²) in [5.41, 5.74) is 1.18. The topological polar surface area (TPSA) is 86.5 Å². The molecular weight excluding hydrogens is 262 g/mol. The van der Waals surface area contributed by atoms with Gasteiger partial charge in [-0.25, -0.2) is 0 Å². The second-order valence-electron chi connectivity index (χ2n) is 4.32. The highest BCUT2D eigenvalue weighted by molar-refractivity contribution is 5.94. The molecule has 7 nitrogen and oxygen atoms in total. The Morgan fingerprint density at radius 3 is 2.90 bits per heavy atom. The van der Waals surface area contributed by atoms with Crippen LogP contribution in [0.3, 0.4) is 0 Å². The van der Waals surface area contributed by atoms with Gasteiger partial charge in [-0.1, -0.05) is 0 Å². The van der Waals surface area contributed by atoms with Gasteiger partial charge in [0.1, 0.15) is 11.5 Å². The van der Waals surface area contributed by atoms with Crippen LogP contribution in [-0.2, 0) is 4.79 Å². The van der Waals surface area contributed by atoms with E-state index in [9.17, 15) is 4.79 Å². The third-order valence-electron chi connectivity index (χ3n) is 2.92. The minimum Gasteiger partial charge on any atom is -0.496 e. The van der Waals surface area contributed by atoms with E-state index in [1.807, 2.05) is 0 Å². The van der Waals surface area contributed by atoms with Gasteiger partial charge in [0.25, 0.3) is 5.89 Å². The summed E-state index contributed by atoms with van der Waals surface area (Å²) in [6, 6.07) is 3.42. The molecule has 0 fully saturated rings. The molecule has 1 amide bonds. The summed E-state index contributed by atoms with van der Waals surface area (Å²) in [6.45, 7) is 2.04. The number of nitrogens with zero attached hydrogens (tertiary/aromatic N) is 2. The maximum Gasteiger partial charge on any atom is 0.251 e. The van der Waals surface area contributed by atoms with Gasteiger partial charge in [0.15, 0.2) is 0 Å². The zero-order chi connectivity index (χ0) is 14.1.